The Bertz CT molecular complexity index is 1260. The molecule has 1 amide bonds. The van der Waals surface area contributed by atoms with E-state index in [-0.39, 0.29) is 11.8 Å². The second kappa shape index (κ2) is 7.05. The van der Waals surface area contributed by atoms with Crippen molar-refractivity contribution in [1.82, 2.24) is 19.5 Å². The molecule has 0 aliphatic heterocycles. The molecule has 8 heteroatoms. The Morgan fingerprint density at radius 3 is 2.87 bits per heavy atom. The molecule has 152 valence electrons. The number of nitrogens with one attached hydrogen (secondary N) is 1. The van der Waals surface area contributed by atoms with Crippen LogP contribution in [-0.4, -0.2) is 31.6 Å². The van der Waals surface area contributed by atoms with E-state index in [1.165, 1.54) is 0 Å². The maximum Gasteiger partial charge on any atom is 0.274 e. The van der Waals surface area contributed by atoms with Gasteiger partial charge in [-0.2, -0.15) is 4.98 Å². The largest absolute Gasteiger partial charge is 0.339 e. The van der Waals surface area contributed by atoms with Crippen LogP contribution < -0.4 is 5.32 Å². The first-order valence-corrected chi connectivity index (χ1v) is 9.81. The van der Waals surface area contributed by atoms with Crippen LogP contribution in [0.25, 0.3) is 17.0 Å². The van der Waals surface area contributed by atoms with Gasteiger partial charge < -0.3 is 9.84 Å². The van der Waals surface area contributed by atoms with E-state index in [0.29, 0.717) is 35.9 Å². The third-order valence-corrected chi connectivity index (χ3v) is 5.52. The van der Waals surface area contributed by atoms with Crippen molar-refractivity contribution in [2.24, 2.45) is 0 Å². The van der Waals surface area contributed by atoms with E-state index in [2.05, 4.69) is 20.4 Å². The van der Waals surface area contributed by atoms with Gasteiger partial charge in [-0.15, -0.1) is 0 Å². The maximum absolute atomic E-state index is 13.1. The van der Waals surface area contributed by atoms with E-state index in [1.54, 1.807) is 10.6 Å². The lowest BCUT2D eigenvalue weighted by molar-refractivity contribution is 0.102. The number of alkyl halides is 1. The van der Waals surface area contributed by atoms with Gasteiger partial charge in [0.2, 0.25) is 11.7 Å². The number of aromatic nitrogens is 4. The number of benzene rings is 1. The van der Waals surface area contributed by atoms with Gasteiger partial charge in [-0.05, 0) is 56.0 Å². The highest BCUT2D eigenvalue weighted by atomic mass is 19.1. The average molecular weight is 405 g/mol. The molecular weight excluding hydrogens is 385 g/mol. The summed E-state index contributed by atoms with van der Waals surface area (Å²) < 4.78 is 20.2. The molecule has 0 bridgehead atoms. The molecule has 0 saturated heterocycles. The Hall–Kier alpha value is -3.55. The summed E-state index contributed by atoms with van der Waals surface area (Å²) in [6.07, 6.45) is 3.46. The monoisotopic (exact) mass is 405 g/mol. The van der Waals surface area contributed by atoms with E-state index < -0.39 is 6.17 Å². The van der Waals surface area contributed by atoms with Gasteiger partial charge in [0.1, 0.15) is 17.5 Å². The molecule has 1 fully saturated rings. The summed E-state index contributed by atoms with van der Waals surface area (Å²) in [5.74, 6) is 0.618. The molecular formula is C22H20FN5O2. The second-order valence-electron chi connectivity index (χ2n) is 7.78. The fourth-order valence-corrected chi connectivity index (χ4v) is 3.60. The number of imidazole rings is 1. The summed E-state index contributed by atoms with van der Waals surface area (Å²) >= 11 is 0. The number of halogens is 1. The number of aryl methyl sites for hydroxylation is 2. The Morgan fingerprint density at radius 2 is 2.07 bits per heavy atom. The number of carbonyl (C=O) groups excluding carboxylic acids is 1. The van der Waals surface area contributed by atoms with Crippen molar-refractivity contribution < 1.29 is 13.7 Å². The highest BCUT2D eigenvalue weighted by Crippen LogP contribution is 2.38. The molecule has 3 heterocycles. The summed E-state index contributed by atoms with van der Waals surface area (Å²) in [5, 5.41) is 6.98. The van der Waals surface area contributed by atoms with Gasteiger partial charge in [-0.1, -0.05) is 17.3 Å². The first-order chi connectivity index (χ1) is 14.5. The van der Waals surface area contributed by atoms with Gasteiger partial charge in [0.25, 0.3) is 5.91 Å². The van der Waals surface area contributed by atoms with Crippen LogP contribution in [0.5, 0.6) is 0 Å². The lowest BCUT2D eigenvalue weighted by Gasteiger charge is -2.25. The fourth-order valence-electron chi connectivity index (χ4n) is 3.60. The fraction of sp³-hybridized carbons (Fsp3) is 0.273. The Balaban J connectivity index is 1.40. The first-order valence-electron chi connectivity index (χ1n) is 9.81. The predicted molar refractivity (Wildman–Crippen MR) is 109 cm³/mol. The van der Waals surface area contributed by atoms with E-state index in [0.717, 1.165) is 22.3 Å². The number of anilines is 1. The number of rotatable bonds is 4. The summed E-state index contributed by atoms with van der Waals surface area (Å²) in [7, 11) is 0. The molecule has 3 aromatic heterocycles. The zero-order chi connectivity index (χ0) is 20.8. The molecule has 1 saturated carbocycles. The van der Waals surface area contributed by atoms with Crippen LogP contribution in [0, 0.1) is 13.8 Å². The normalized spacial score (nSPS) is 18.4. The summed E-state index contributed by atoms with van der Waals surface area (Å²) in [5.41, 5.74) is 4.51. The Labute approximate surface area is 171 Å². The zero-order valence-corrected chi connectivity index (χ0v) is 16.6. The van der Waals surface area contributed by atoms with Gasteiger partial charge in [0, 0.05) is 23.4 Å². The van der Waals surface area contributed by atoms with Crippen molar-refractivity contribution in [1.29, 1.82) is 0 Å². The number of amides is 1. The van der Waals surface area contributed by atoms with Crippen molar-refractivity contribution in [3.63, 3.8) is 0 Å². The minimum atomic E-state index is -0.782. The van der Waals surface area contributed by atoms with E-state index >= 15 is 0 Å². The molecule has 1 aromatic carbocycles. The van der Waals surface area contributed by atoms with Gasteiger partial charge in [0.05, 0.1) is 6.20 Å². The van der Waals surface area contributed by atoms with Crippen LogP contribution in [0.1, 0.15) is 46.3 Å². The highest BCUT2D eigenvalue weighted by molar-refractivity contribution is 6.04. The molecule has 1 aliphatic carbocycles. The molecule has 30 heavy (non-hydrogen) atoms. The van der Waals surface area contributed by atoms with Crippen LogP contribution in [0.4, 0.5) is 10.1 Å². The lowest BCUT2D eigenvalue weighted by Crippen LogP contribution is -2.22. The molecule has 0 spiro atoms. The van der Waals surface area contributed by atoms with Crippen molar-refractivity contribution in [3.05, 3.63) is 65.4 Å². The minimum Gasteiger partial charge on any atom is -0.339 e. The van der Waals surface area contributed by atoms with Gasteiger partial charge in [-0.3, -0.25) is 9.20 Å². The topological polar surface area (TPSA) is 85.3 Å². The van der Waals surface area contributed by atoms with Gasteiger partial charge >= 0.3 is 0 Å². The van der Waals surface area contributed by atoms with Gasteiger partial charge in [-0.25, -0.2) is 9.37 Å². The number of pyridine rings is 1. The van der Waals surface area contributed by atoms with Crippen molar-refractivity contribution in [2.45, 2.75) is 38.8 Å². The summed E-state index contributed by atoms with van der Waals surface area (Å²) in [6, 6.07) is 9.42. The summed E-state index contributed by atoms with van der Waals surface area (Å²) in [6.45, 7) is 3.89. The third-order valence-electron chi connectivity index (χ3n) is 5.52. The number of fused-ring (bicyclic) bond motifs is 1. The zero-order valence-electron chi connectivity index (χ0n) is 16.6. The van der Waals surface area contributed by atoms with E-state index in [4.69, 9.17) is 4.52 Å². The molecule has 7 nitrogen and oxygen atoms in total. The smallest absolute Gasteiger partial charge is 0.274 e. The average Bonchev–Trinajstić information content (AvgIpc) is 3.34. The minimum absolute atomic E-state index is 0.00958. The van der Waals surface area contributed by atoms with Crippen molar-refractivity contribution in [2.75, 3.05) is 5.32 Å². The molecule has 0 unspecified atom stereocenters. The molecule has 4 aromatic rings. The SMILES string of the molecule is Cc1ccn2c(C(=O)Nc3cc(-c4noc(C5CC(F)C5)n4)ccc3C)cnc2c1. The van der Waals surface area contributed by atoms with Crippen LogP contribution >= 0.6 is 0 Å². The van der Waals surface area contributed by atoms with Crippen LogP contribution in [0.15, 0.2) is 47.2 Å². The van der Waals surface area contributed by atoms with Crippen LogP contribution in [-0.2, 0) is 0 Å². The number of carbonyl (C=O) groups is 1. The molecule has 0 radical (unpaired) electrons. The van der Waals surface area contributed by atoms with Crippen LogP contribution in [0.2, 0.25) is 0 Å². The first kappa shape index (κ1) is 18.5. The Kier molecular flexibility index (Phi) is 4.34. The highest BCUT2D eigenvalue weighted by Gasteiger charge is 2.34. The maximum atomic E-state index is 13.1. The molecule has 1 aliphatic rings. The molecule has 0 atom stereocenters. The quantitative estimate of drug-likeness (QED) is 0.541. The molecule has 5 rings (SSSR count). The standard InChI is InChI=1S/C22H20FN5O2/c1-12-5-6-28-18(11-24-19(28)7-12)21(29)25-17-10-14(4-3-13(17)2)20-26-22(30-27-20)15-8-16(23)9-15/h3-7,10-11,15-16H,8-9H2,1-2H3,(H,25,29). The second-order valence-corrected chi connectivity index (χ2v) is 7.78. The van der Waals surface area contributed by atoms with Crippen LogP contribution in [0.3, 0.4) is 0 Å². The number of nitrogens with zero attached hydrogens (tertiary/aromatic N) is 4. The van der Waals surface area contributed by atoms with Crippen molar-refractivity contribution >= 4 is 17.2 Å². The summed E-state index contributed by atoms with van der Waals surface area (Å²) in [4.78, 5) is 21.6. The third kappa shape index (κ3) is 3.24. The number of hydrogen-bond donors (Lipinski definition) is 1. The number of hydrogen-bond acceptors (Lipinski definition) is 5. The van der Waals surface area contributed by atoms with E-state index in [9.17, 15) is 9.18 Å². The Morgan fingerprint density at radius 1 is 1.23 bits per heavy atom. The van der Waals surface area contributed by atoms with E-state index in [1.807, 2.05) is 50.4 Å². The lowest BCUT2D eigenvalue weighted by atomic mass is 9.83. The van der Waals surface area contributed by atoms with Crippen molar-refractivity contribution in [3.8, 4) is 11.4 Å². The molecule has 1 N–H and O–H groups in total. The predicted octanol–water partition coefficient (Wildman–Crippen LogP) is 4.47. The van der Waals surface area contributed by atoms with Gasteiger partial charge in [0.15, 0.2) is 0 Å².